The summed E-state index contributed by atoms with van der Waals surface area (Å²) in [6.07, 6.45) is 5.08. The molecule has 1 atom stereocenters. The maximum atomic E-state index is 5.63. The lowest BCUT2D eigenvalue weighted by Crippen LogP contribution is -2.14. The highest BCUT2D eigenvalue weighted by Crippen LogP contribution is 2.45. The Kier molecular flexibility index (Phi) is 3.93. The maximum absolute atomic E-state index is 5.63. The lowest BCUT2D eigenvalue weighted by Gasteiger charge is -2.17. The minimum absolute atomic E-state index is 0.0758. The van der Waals surface area contributed by atoms with E-state index in [-0.39, 0.29) is 6.10 Å². The van der Waals surface area contributed by atoms with E-state index in [1.54, 1.807) is 7.11 Å². The molecule has 5 heteroatoms. The summed E-state index contributed by atoms with van der Waals surface area (Å²) in [4.78, 5) is 9.54. The molecule has 0 amide bonds. The van der Waals surface area contributed by atoms with Gasteiger partial charge in [-0.2, -0.15) is 0 Å². The van der Waals surface area contributed by atoms with Crippen LogP contribution in [-0.4, -0.2) is 23.6 Å². The maximum Gasteiger partial charge on any atom is 0.160 e. The van der Waals surface area contributed by atoms with Gasteiger partial charge in [-0.1, -0.05) is 0 Å². The van der Waals surface area contributed by atoms with Gasteiger partial charge < -0.3 is 10.1 Å². The van der Waals surface area contributed by atoms with Gasteiger partial charge in [0.2, 0.25) is 0 Å². The van der Waals surface area contributed by atoms with E-state index in [0.29, 0.717) is 11.8 Å². The summed E-state index contributed by atoms with van der Waals surface area (Å²) in [5.41, 5.74) is 1.23. The molecule has 2 aliphatic carbocycles. The van der Waals surface area contributed by atoms with Gasteiger partial charge in [0, 0.05) is 19.6 Å². The van der Waals surface area contributed by atoms with Gasteiger partial charge in [0.05, 0.1) is 9.26 Å². The molecule has 0 aliphatic heterocycles. The van der Waals surface area contributed by atoms with Crippen molar-refractivity contribution in [3.8, 4) is 0 Å². The minimum Gasteiger partial charge on any atom is -0.373 e. The number of nitrogens with zero attached hydrogens (tertiary/aromatic N) is 2. The van der Waals surface area contributed by atoms with Gasteiger partial charge in [-0.25, -0.2) is 9.97 Å². The Bertz CT molecular complexity index is 472. The van der Waals surface area contributed by atoms with Crippen molar-refractivity contribution in [3.63, 3.8) is 0 Å². The summed E-state index contributed by atoms with van der Waals surface area (Å²) in [6, 6.07) is 0. The van der Waals surface area contributed by atoms with Crippen LogP contribution in [0.2, 0.25) is 0 Å². The quantitative estimate of drug-likeness (QED) is 0.776. The van der Waals surface area contributed by atoms with Crippen molar-refractivity contribution in [3.05, 3.63) is 15.1 Å². The molecule has 1 unspecified atom stereocenters. The molecule has 19 heavy (non-hydrogen) atoms. The van der Waals surface area contributed by atoms with Crippen LogP contribution >= 0.6 is 22.6 Å². The third-order valence-corrected chi connectivity index (χ3v) is 4.82. The second-order valence-corrected chi connectivity index (χ2v) is 6.51. The topological polar surface area (TPSA) is 47.0 Å². The number of hydrogen-bond donors (Lipinski definition) is 1. The molecule has 0 saturated heterocycles. The molecule has 0 bridgehead atoms. The molecule has 1 N–H and O–H groups in total. The number of hydrogen-bond acceptors (Lipinski definition) is 4. The van der Waals surface area contributed by atoms with Gasteiger partial charge in [0.1, 0.15) is 11.9 Å². The van der Waals surface area contributed by atoms with Crippen molar-refractivity contribution in [2.45, 2.75) is 44.6 Å². The second-order valence-electron chi connectivity index (χ2n) is 5.43. The lowest BCUT2D eigenvalue weighted by molar-refractivity contribution is 0.0771. The molecule has 104 valence electrons. The summed E-state index contributed by atoms with van der Waals surface area (Å²) in [5.74, 6) is 3.12. The average Bonchev–Trinajstić information content (AvgIpc) is 3.27. The number of aromatic nitrogens is 2. The number of rotatable bonds is 6. The normalized spacial score (nSPS) is 20.4. The summed E-state index contributed by atoms with van der Waals surface area (Å²) in [6.45, 7) is 2.99. The number of ether oxygens (including phenoxy) is 1. The van der Waals surface area contributed by atoms with Crippen LogP contribution in [0.1, 0.15) is 56.1 Å². The zero-order valence-electron chi connectivity index (χ0n) is 11.4. The molecule has 1 heterocycles. The van der Waals surface area contributed by atoms with Gasteiger partial charge in [-0.15, -0.1) is 0 Å². The Labute approximate surface area is 127 Å². The number of nitrogens with one attached hydrogen (secondary N) is 1. The third-order valence-electron chi connectivity index (χ3n) is 3.76. The van der Waals surface area contributed by atoms with Crippen molar-refractivity contribution in [1.29, 1.82) is 0 Å². The van der Waals surface area contributed by atoms with Crippen LogP contribution < -0.4 is 5.32 Å². The first-order chi connectivity index (χ1) is 9.24. The number of halogens is 1. The van der Waals surface area contributed by atoms with Crippen molar-refractivity contribution in [2.75, 3.05) is 19.0 Å². The zero-order chi connectivity index (χ0) is 13.4. The molecule has 2 saturated carbocycles. The largest absolute Gasteiger partial charge is 0.373 e. The second kappa shape index (κ2) is 5.52. The number of anilines is 1. The van der Waals surface area contributed by atoms with Crippen LogP contribution in [-0.2, 0) is 4.74 Å². The van der Waals surface area contributed by atoms with Gasteiger partial charge in [0.15, 0.2) is 5.82 Å². The Morgan fingerprint density at radius 3 is 2.58 bits per heavy atom. The fraction of sp³-hybridized carbons (Fsp3) is 0.714. The minimum atomic E-state index is 0.0758. The van der Waals surface area contributed by atoms with E-state index in [1.165, 1.54) is 34.9 Å². The van der Waals surface area contributed by atoms with E-state index >= 15 is 0 Å². The molecule has 0 radical (unpaired) electrons. The average molecular weight is 373 g/mol. The molecule has 0 aromatic carbocycles. The Hall–Kier alpha value is -0.430. The predicted octanol–water partition coefficient (Wildman–Crippen LogP) is 3.49. The number of methoxy groups -OCH3 is 1. The van der Waals surface area contributed by atoms with Crippen molar-refractivity contribution in [2.24, 2.45) is 5.92 Å². The lowest BCUT2D eigenvalue weighted by atomic mass is 10.2. The van der Waals surface area contributed by atoms with Crippen molar-refractivity contribution in [1.82, 2.24) is 9.97 Å². The highest BCUT2D eigenvalue weighted by atomic mass is 127. The Morgan fingerprint density at radius 1 is 1.32 bits per heavy atom. The fourth-order valence-corrected chi connectivity index (χ4v) is 3.30. The van der Waals surface area contributed by atoms with E-state index in [2.05, 4.69) is 34.8 Å². The van der Waals surface area contributed by atoms with Crippen LogP contribution in [0.3, 0.4) is 0 Å². The Morgan fingerprint density at radius 2 is 2.05 bits per heavy atom. The van der Waals surface area contributed by atoms with Crippen molar-refractivity contribution >= 4 is 28.4 Å². The van der Waals surface area contributed by atoms with E-state index in [9.17, 15) is 0 Å². The fourth-order valence-electron chi connectivity index (χ4n) is 2.43. The Balaban J connectivity index is 1.98. The molecule has 2 fully saturated rings. The van der Waals surface area contributed by atoms with Crippen LogP contribution in [0.15, 0.2) is 0 Å². The van der Waals surface area contributed by atoms with Crippen LogP contribution in [0.25, 0.3) is 0 Å². The summed E-state index contributed by atoms with van der Waals surface area (Å²) in [7, 11) is 1.77. The zero-order valence-corrected chi connectivity index (χ0v) is 13.6. The van der Waals surface area contributed by atoms with Gasteiger partial charge >= 0.3 is 0 Å². The predicted molar refractivity (Wildman–Crippen MR) is 83.4 cm³/mol. The smallest absolute Gasteiger partial charge is 0.160 e. The van der Waals surface area contributed by atoms with Crippen LogP contribution in [0.4, 0.5) is 5.82 Å². The van der Waals surface area contributed by atoms with Crippen LogP contribution in [0, 0.1) is 9.49 Å². The first kappa shape index (κ1) is 13.5. The first-order valence-electron chi connectivity index (χ1n) is 7.08. The highest BCUT2D eigenvalue weighted by molar-refractivity contribution is 14.1. The standard InChI is InChI=1S/C14H20IN3O/c1-3-16-13-10(15)11(8-4-5-8)17-14(18-13)12(19-2)9-6-7-9/h8-9,12H,3-7H2,1-2H3,(H,16,17,18). The first-order valence-corrected chi connectivity index (χ1v) is 8.16. The van der Waals surface area contributed by atoms with E-state index in [4.69, 9.17) is 14.7 Å². The molecule has 1 aromatic heterocycles. The molecular formula is C14H20IN3O. The monoisotopic (exact) mass is 373 g/mol. The summed E-state index contributed by atoms with van der Waals surface area (Å²) >= 11 is 2.38. The SMILES string of the molecule is CCNc1nc(C(OC)C2CC2)nc(C2CC2)c1I. The molecular weight excluding hydrogens is 353 g/mol. The molecule has 4 nitrogen and oxygen atoms in total. The van der Waals surface area contributed by atoms with E-state index < -0.39 is 0 Å². The highest BCUT2D eigenvalue weighted by Gasteiger charge is 2.36. The van der Waals surface area contributed by atoms with Crippen LogP contribution in [0.5, 0.6) is 0 Å². The third kappa shape index (κ3) is 2.86. The van der Waals surface area contributed by atoms with Crippen molar-refractivity contribution < 1.29 is 4.74 Å². The van der Waals surface area contributed by atoms with E-state index in [1.807, 2.05) is 0 Å². The van der Waals surface area contributed by atoms with Gasteiger partial charge in [-0.05, 0) is 61.1 Å². The molecule has 1 aromatic rings. The molecule has 0 spiro atoms. The summed E-state index contributed by atoms with van der Waals surface area (Å²) in [5, 5.41) is 3.36. The molecule has 2 aliphatic rings. The van der Waals surface area contributed by atoms with E-state index in [0.717, 1.165) is 18.2 Å². The molecule has 3 rings (SSSR count). The summed E-state index contributed by atoms with van der Waals surface area (Å²) < 4.78 is 6.82. The van der Waals surface area contributed by atoms with Gasteiger partial charge in [-0.3, -0.25) is 0 Å². The van der Waals surface area contributed by atoms with Gasteiger partial charge in [0.25, 0.3) is 0 Å².